The molecule has 0 spiro atoms. The van der Waals surface area contributed by atoms with Crippen LogP contribution >= 0.6 is 39.7 Å². The third kappa shape index (κ3) is 2.08. The van der Waals surface area contributed by atoms with Gasteiger partial charge in [0.1, 0.15) is 5.52 Å². The van der Waals surface area contributed by atoms with Gasteiger partial charge in [-0.25, -0.2) is 8.78 Å². The second-order valence-corrected chi connectivity index (χ2v) is 5.83. The van der Waals surface area contributed by atoms with E-state index in [9.17, 15) is 8.78 Å². The molecule has 1 aromatic heterocycles. The zero-order valence-electron chi connectivity index (χ0n) is 9.75. The number of hydrogen-bond donors (Lipinski definition) is 1. The SMILES string of the molecule is Fc1ccc2[nH]c(=S)n(-c3ccc(Br)cc3Cl)c2c1F. The summed E-state index contributed by atoms with van der Waals surface area (Å²) in [6.07, 6.45) is 0. The molecule has 0 bridgehead atoms. The van der Waals surface area contributed by atoms with Crippen molar-refractivity contribution in [2.45, 2.75) is 0 Å². The van der Waals surface area contributed by atoms with Gasteiger partial charge in [-0.3, -0.25) is 4.57 Å². The van der Waals surface area contributed by atoms with E-state index in [1.807, 2.05) is 0 Å². The van der Waals surface area contributed by atoms with Gasteiger partial charge in [-0.15, -0.1) is 0 Å². The van der Waals surface area contributed by atoms with E-state index < -0.39 is 11.6 Å². The molecule has 1 heterocycles. The Morgan fingerprint density at radius 2 is 1.95 bits per heavy atom. The summed E-state index contributed by atoms with van der Waals surface area (Å²) in [7, 11) is 0. The van der Waals surface area contributed by atoms with Gasteiger partial charge >= 0.3 is 0 Å². The summed E-state index contributed by atoms with van der Waals surface area (Å²) in [5, 5.41) is 0.375. The van der Waals surface area contributed by atoms with Gasteiger partial charge < -0.3 is 4.98 Å². The fourth-order valence-corrected chi connectivity index (χ4v) is 3.08. The second kappa shape index (κ2) is 4.95. The van der Waals surface area contributed by atoms with Gasteiger partial charge in [0.2, 0.25) is 0 Å². The predicted molar refractivity (Wildman–Crippen MR) is 81.1 cm³/mol. The van der Waals surface area contributed by atoms with E-state index in [0.717, 1.165) is 10.5 Å². The quantitative estimate of drug-likeness (QED) is 0.566. The Kier molecular flexibility index (Phi) is 3.40. The first-order chi connectivity index (χ1) is 9.49. The fourth-order valence-electron chi connectivity index (χ4n) is 2.02. The number of nitrogens with zero attached hydrogens (tertiary/aromatic N) is 1. The van der Waals surface area contributed by atoms with Crippen LogP contribution in [0.4, 0.5) is 8.78 Å². The summed E-state index contributed by atoms with van der Waals surface area (Å²) in [5.41, 5.74) is 0.933. The molecule has 0 aliphatic carbocycles. The topological polar surface area (TPSA) is 20.7 Å². The number of H-pyrrole nitrogens is 1. The van der Waals surface area contributed by atoms with Crippen molar-refractivity contribution in [1.29, 1.82) is 0 Å². The molecule has 0 amide bonds. The maximum Gasteiger partial charge on any atom is 0.184 e. The molecule has 2 aromatic carbocycles. The van der Waals surface area contributed by atoms with Crippen LogP contribution in [0.3, 0.4) is 0 Å². The highest BCUT2D eigenvalue weighted by atomic mass is 79.9. The van der Waals surface area contributed by atoms with E-state index in [2.05, 4.69) is 20.9 Å². The first-order valence-corrected chi connectivity index (χ1v) is 7.11. The number of benzene rings is 2. The summed E-state index contributed by atoms with van der Waals surface area (Å²) in [6.45, 7) is 0. The van der Waals surface area contributed by atoms with Gasteiger partial charge in [0.25, 0.3) is 0 Å². The lowest BCUT2D eigenvalue weighted by atomic mass is 10.2. The standard InChI is InChI=1S/C13H6BrClF2N2S/c14-6-1-4-10(7(15)5-6)19-12-9(18-13(19)20)3-2-8(16)11(12)17/h1-5H,(H,18,20). The molecule has 7 heteroatoms. The van der Waals surface area contributed by atoms with E-state index >= 15 is 0 Å². The van der Waals surface area contributed by atoms with Crippen LogP contribution in [-0.2, 0) is 0 Å². The van der Waals surface area contributed by atoms with E-state index in [1.54, 1.807) is 18.2 Å². The lowest BCUT2D eigenvalue weighted by Gasteiger charge is -2.08. The third-order valence-electron chi connectivity index (χ3n) is 2.89. The van der Waals surface area contributed by atoms with Gasteiger partial charge in [-0.2, -0.15) is 0 Å². The Hall–Kier alpha value is -1.24. The lowest BCUT2D eigenvalue weighted by molar-refractivity contribution is 0.514. The lowest BCUT2D eigenvalue weighted by Crippen LogP contribution is -1.98. The molecule has 1 N–H and O–H groups in total. The Morgan fingerprint density at radius 1 is 1.20 bits per heavy atom. The fraction of sp³-hybridized carbons (Fsp3) is 0. The number of nitrogens with one attached hydrogen (secondary N) is 1. The normalized spacial score (nSPS) is 11.2. The first-order valence-electron chi connectivity index (χ1n) is 5.53. The molecule has 0 aliphatic rings. The van der Waals surface area contributed by atoms with Crippen molar-refractivity contribution in [3.05, 3.63) is 56.2 Å². The molecule has 0 atom stereocenters. The highest BCUT2D eigenvalue weighted by Gasteiger charge is 2.16. The van der Waals surface area contributed by atoms with E-state index in [4.69, 9.17) is 23.8 Å². The number of hydrogen-bond acceptors (Lipinski definition) is 1. The average Bonchev–Trinajstić information content (AvgIpc) is 2.72. The second-order valence-electron chi connectivity index (χ2n) is 4.12. The average molecular weight is 376 g/mol. The minimum atomic E-state index is -0.964. The molecule has 3 aromatic rings. The predicted octanol–water partition coefficient (Wildman–Crippen LogP) is 5.38. The number of rotatable bonds is 1. The number of aromatic nitrogens is 2. The molecule has 102 valence electrons. The van der Waals surface area contributed by atoms with Gasteiger partial charge in [0.05, 0.1) is 16.2 Å². The number of aromatic amines is 1. The molecule has 3 rings (SSSR count). The molecule has 0 aliphatic heterocycles. The zero-order chi connectivity index (χ0) is 14.4. The van der Waals surface area contributed by atoms with Gasteiger partial charge in [-0.1, -0.05) is 27.5 Å². The van der Waals surface area contributed by atoms with Crippen LogP contribution in [0.1, 0.15) is 0 Å². The van der Waals surface area contributed by atoms with Crippen LogP contribution in [0.25, 0.3) is 16.7 Å². The molecular formula is C13H6BrClF2N2S. The highest BCUT2D eigenvalue weighted by Crippen LogP contribution is 2.29. The van der Waals surface area contributed by atoms with Crippen molar-refractivity contribution < 1.29 is 8.78 Å². The number of fused-ring (bicyclic) bond motifs is 1. The maximum atomic E-state index is 14.1. The summed E-state index contributed by atoms with van der Waals surface area (Å²) >= 11 is 14.6. The molecule has 20 heavy (non-hydrogen) atoms. The third-order valence-corrected chi connectivity index (χ3v) is 3.97. The number of halogens is 4. The minimum absolute atomic E-state index is 0.0409. The van der Waals surface area contributed by atoms with Crippen LogP contribution in [0, 0.1) is 16.4 Å². The highest BCUT2D eigenvalue weighted by molar-refractivity contribution is 9.10. The minimum Gasteiger partial charge on any atom is -0.330 e. The van der Waals surface area contributed by atoms with E-state index in [0.29, 0.717) is 16.2 Å². The molecular weight excluding hydrogens is 370 g/mol. The van der Waals surface area contributed by atoms with Crippen LogP contribution < -0.4 is 0 Å². The van der Waals surface area contributed by atoms with E-state index in [1.165, 1.54) is 10.6 Å². The van der Waals surface area contributed by atoms with Crippen molar-refractivity contribution in [3.8, 4) is 5.69 Å². The van der Waals surface area contributed by atoms with Crippen molar-refractivity contribution in [2.24, 2.45) is 0 Å². The van der Waals surface area contributed by atoms with Gasteiger partial charge in [0.15, 0.2) is 16.4 Å². The molecule has 0 saturated carbocycles. The molecule has 0 radical (unpaired) electrons. The van der Waals surface area contributed by atoms with Gasteiger partial charge in [0, 0.05) is 4.47 Å². The molecule has 0 unspecified atom stereocenters. The van der Waals surface area contributed by atoms with Crippen LogP contribution in [0.15, 0.2) is 34.8 Å². The summed E-state index contributed by atoms with van der Waals surface area (Å²) in [6, 6.07) is 7.58. The molecule has 2 nitrogen and oxygen atoms in total. The van der Waals surface area contributed by atoms with E-state index in [-0.39, 0.29) is 10.3 Å². The van der Waals surface area contributed by atoms with Gasteiger partial charge in [-0.05, 0) is 42.5 Å². The monoisotopic (exact) mass is 374 g/mol. The van der Waals surface area contributed by atoms with Crippen LogP contribution in [-0.4, -0.2) is 9.55 Å². The van der Waals surface area contributed by atoms with Crippen LogP contribution in [0.5, 0.6) is 0 Å². The van der Waals surface area contributed by atoms with Crippen molar-refractivity contribution >= 4 is 50.8 Å². The Morgan fingerprint density at radius 3 is 2.65 bits per heavy atom. The van der Waals surface area contributed by atoms with Crippen molar-refractivity contribution in [2.75, 3.05) is 0 Å². The zero-order valence-corrected chi connectivity index (χ0v) is 12.9. The Bertz CT molecular complexity index is 888. The summed E-state index contributed by atoms with van der Waals surface area (Å²) < 4.78 is 29.9. The largest absolute Gasteiger partial charge is 0.330 e. The first kappa shape index (κ1) is 13.7. The Balaban J connectivity index is 2.44. The smallest absolute Gasteiger partial charge is 0.184 e. The summed E-state index contributed by atoms with van der Waals surface area (Å²) in [4.78, 5) is 2.84. The Labute approximate surface area is 131 Å². The summed E-state index contributed by atoms with van der Waals surface area (Å²) in [5.74, 6) is -1.90. The maximum absolute atomic E-state index is 14.1. The molecule has 0 saturated heterocycles. The van der Waals surface area contributed by atoms with Crippen LogP contribution in [0.2, 0.25) is 5.02 Å². The van der Waals surface area contributed by atoms with Crippen molar-refractivity contribution in [3.63, 3.8) is 0 Å². The molecule has 0 fully saturated rings. The number of imidazole rings is 1. The van der Waals surface area contributed by atoms with Crippen molar-refractivity contribution in [1.82, 2.24) is 9.55 Å².